The highest BCUT2D eigenvalue weighted by molar-refractivity contribution is 7.10. The van der Waals surface area contributed by atoms with E-state index in [1.165, 1.54) is 16.0 Å². The van der Waals surface area contributed by atoms with E-state index < -0.39 is 0 Å². The first-order valence-electron chi connectivity index (χ1n) is 6.45. The molecule has 0 aromatic carbocycles. The van der Waals surface area contributed by atoms with Crippen molar-refractivity contribution in [2.24, 2.45) is 7.05 Å². The molecule has 1 atom stereocenters. The minimum atomic E-state index is 0.458. The molecule has 2 aromatic heterocycles. The van der Waals surface area contributed by atoms with Crippen LogP contribution in [0.1, 0.15) is 35.4 Å². The molecule has 0 saturated carbocycles. The third kappa shape index (κ3) is 3.00. The molecule has 0 bridgehead atoms. The molecule has 0 amide bonds. The molecule has 0 aliphatic heterocycles. The molecule has 0 aliphatic carbocycles. The topological polar surface area (TPSA) is 29.9 Å². The van der Waals surface area contributed by atoms with Gasteiger partial charge in [0.15, 0.2) is 0 Å². The summed E-state index contributed by atoms with van der Waals surface area (Å²) in [6, 6.07) is 2.70. The summed E-state index contributed by atoms with van der Waals surface area (Å²) in [5.41, 5.74) is 2.79. The van der Waals surface area contributed by atoms with Gasteiger partial charge in [0.1, 0.15) is 0 Å². The van der Waals surface area contributed by atoms with Crippen LogP contribution in [0, 0.1) is 0 Å². The van der Waals surface area contributed by atoms with Gasteiger partial charge in [-0.15, -0.1) is 11.3 Å². The fourth-order valence-electron chi connectivity index (χ4n) is 2.26. The van der Waals surface area contributed by atoms with Crippen molar-refractivity contribution in [3.8, 4) is 0 Å². The van der Waals surface area contributed by atoms with Crippen LogP contribution in [0.15, 0.2) is 23.8 Å². The number of hydrogen-bond acceptors (Lipinski definition) is 3. The van der Waals surface area contributed by atoms with Crippen molar-refractivity contribution < 1.29 is 0 Å². The van der Waals surface area contributed by atoms with Crippen molar-refractivity contribution in [2.45, 2.75) is 32.2 Å². The third-order valence-electron chi connectivity index (χ3n) is 3.31. The Bertz CT molecular complexity index is 487. The van der Waals surface area contributed by atoms with E-state index in [1.54, 1.807) is 0 Å². The van der Waals surface area contributed by atoms with Gasteiger partial charge in [-0.2, -0.15) is 5.10 Å². The SMILES string of the molecule is CCc1ccsc1C(CCc1cnn(C)c1)NC. The summed E-state index contributed by atoms with van der Waals surface area (Å²) >= 11 is 1.86. The van der Waals surface area contributed by atoms with Crippen LogP contribution in [0.5, 0.6) is 0 Å². The zero-order valence-electron chi connectivity index (χ0n) is 11.3. The Labute approximate surface area is 113 Å². The molecule has 18 heavy (non-hydrogen) atoms. The summed E-state index contributed by atoms with van der Waals surface area (Å²) in [6.45, 7) is 2.22. The summed E-state index contributed by atoms with van der Waals surface area (Å²) in [5, 5.41) is 9.85. The van der Waals surface area contributed by atoms with Crippen LogP contribution >= 0.6 is 11.3 Å². The lowest BCUT2D eigenvalue weighted by Gasteiger charge is -2.16. The normalized spacial score (nSPS) is 12.8. The molecular weight excluding hydrogens is 242 g/mol. The second kappa shape index (κ2) is 6.16. The van der Waals surface area contributed by atoms with Gasteiger partial charge in [-0.1, -0.05) is 6.92 Å². The minimum absolute atomic E-state index is 0.458. The number of nitrogens with one attached hydrogen (secondary N) is 1. The van der Waals surface area contributed by atoms with Gasteiger partial charge in [0.25, 0.3) is 0 Å². The molecule has 0 radical (unpaired) electrons. The van der Waals surface area contributed by atoms with Crippen molar-refractivity contribution in [3.05, 3.63) is 39.8 Å². The lowest BCUT2D eigenvalue weighted by atomic mass is 10.0. The van der Waals surface area contributed by atoms with Gasteiger partial charge < -0.3 is 5.32 Å². The van der Waals surface area contributed by atoms with Crippen molar-refractivity contribution in [2.75, 3.05) is 7.05 Å². The number of aromatic nitrogens is 2. The zero-order valence-corrected chi connectivity index (χ0v) is 12.1. The van der Waals surface area contributed by atoms with Gasteiger partial charge in [-0.25, -0.2) is 0 Å². The van der Waals surface area contributed by atoms with E-state index in [2.05, 4.69) is 35.0 Å². The molecule has 2 rings (SSSR count). The molecule has 1 N–H and O–H groups in total. The Morgan fingerprint density at radius 2 is 2.33 bits per heavy atom. The van der Waals surface area contributed by atoms with Crippen molar-refractivity contribution in [3.63, 3.8) is 0 Å². The maximum absolute atomic E-state index is 4.22. The minimum Gasteiger partial charge on any atom is -0.312 e. The van der Waals surface area contributed by atoms with E-state index in [9.17, 15) is 0 Å². The summed E-state index contributed by atoms with van der Waals surface area (Å²) in [5.74, 6) is 0. The lowest BCUT2D eigenvalue weighted by Crippen LogP contribution is -2.17. The first-order chi connectivity index (χ1) is 8.74. The fraction of sp³-hybridized carbons (Fsp3) is 0.500. The monoisotopic (exact) mass is 263 g/mol. The Balaban J connectivity index is 2.01. The highest BCUT2D eigenvalue weighted by Gasteiger charge is 2.14. The average Bonchev–Trinajstić information content (AvgIpc) is 2.99. The Morgan fingerprint density at radius 1 is 1.50 bits per heavy atom. The quantitative estimate of drug-likeness (QED) is 0.868. The fourth-order valence-corrected chi connectivity index (χ4v) is 3.41. The van der Waals surface area contributed by atoms with Crippen LogP contribution in [0.25, 0.3) is 0 Å². The molecule has 98 valence electrons. The molecule has 0 saturated heterocycles. The Hall–Kier alpha value is -1.13. The van der Waals surface area contributed by atoms with Crippen LogP contribution in [0.2, 0.25) is 0 Å². The summed E-state index contributed by atoms with van der Waals surface area (Å²) < 4.78 is 1.87. The van der Waals surface area contributed by atoms with Crippen LogP contribution in [0.3, 0.4) is 0 Å². The van der Waals surface area contributed by atoms with Crippen molar-refractivity contribution in [1.82, 2.24) is 15.1 Å². The smallest absolute Gasteiger partial charge is 0.0521 e. The number of aryl methyl sites for hydroxylation is 3. The van der Waals surface area contributed by atoms with E-state index in [-0.39, 0.29) is 0 Å². The van der Waals surface area contributed by atoms with E-state index in [0.29, 0.717) is 6.04 Å². The van der Waals surface area contributed by atoms with Gasteiger partial charge in [-0.05, 0) is 48.9 Å². The predicted molar refractivity (Wildman–Crippen MR) is 77.0 cm³/mol. The maximum Gasteiger partial charge on any atom is 0.0521 e. The largest absolute Gasteiger partial charge is 0.312 e. The molecule has 2 aromatic rings. The first-order valence-corrected chi connectivity index (χ1v) is 7.33. The third-order valence-corrected chi connectivity index (χ3v) is 4.38. The summed E-state index contributed by atoms with van der Waals surface area (Å²) in [6.07, 6.45) is 7.36. The number of thiophene rings is 1. The molecule has 0 aliphatic rings. The van der Waals surface area contributed by atoms with Crippen molar-refractivity contribution >= 4 is 11.3 Å². The van der Waals surface area contributed by atoms with Gasteiger partial charge >= 0.3 is 0 Å². The van der Waals surface area contributed by atoms with E-state index in [4.69, 9.17) is 0 Å². The lowest BCUT2D eigenvalue weighted by molar-refractivity contribution is 0.554. The molecule has 4 heteroatoms. The molecular formula is C14H21N3S. The Morgan fingerprint density at radius 3 is 2.94 bits per heavy atom. The Kier molecular flexibility index (Phi) is 4.55. The van der Waals surface area contributed by atoms with Crippen LogP contribution < -0.4 is 5.32 Å². The summed E-state index contributed by atoms with van der Waals surface area (Å²) in [7, 11) is 4.01. The van der Waals surface area contributed by atoms with Gasteiger partial charge in [0.2, 0.25) is 0 Å². The number of rotatable bonds is 6. The molecule has 0 spiro atoms. The number of hydrogen-bond donors (Lipinski definition) is 1. The van der Waals surface area contributed by atoms with Crippen LogP contribution in [0.4, 0.5) is 0 Å². The maximum atomic E-state index is 4.22. The number of nitrogens with zero attached hydrogens (tertiary/aromatic N) is 2. The highest BCUT2D eigenvalue weighted by Crippen LogP contribution is 2.28. The van der Waals surface area contributed by atoms with E-state index in [1.807, 2.05) is 36.3 Å². The first kappa shape index (κ1) is 13.3. The highest BCUT2D eigenvalue weighted by atomic mass is 32.1. The summed E-state index contributed by atoms with van der Waals surface area (Å²) in [4.78, 5) is 1.49. The van der Waals surface area contributed by atoms with Gasteiger partial charge in [-0.3, -0.25) is 4.68 Å². The average molecular weight is 263 g/mol. The van der Waals surface area contributed by atoms with Gasteiger partial charge in [0, 0.05) is 24.2 Å². The second-order valence-electron chi connectivity index (χ2n) is 4.57. The molecule has 3 nitrogen and oxygen atoms in total. The van der Waals surface area contributed by atoms with Crippen LogP contribution in [-0.4, -0.2) is 16.8 Å². The van der Waals surface area contributed by atoms with E-state index in [0.717, 1.165) is 19.3 Å². The van der Waals surface area contributed by atoms with E-state index >= 15 is 0 Å². The van der Waals surface area contributed by atoms with Gasteiger partial charge in [0.05, 0.1) is 6.20 Å². The standard InChI is InChI=1S/C14H21N3S/c1-4-12-7-8-18-14(12)13(15-2)6-5-11-9-16-17(3)10-11/h7-10,13,15H,4-6H2,1-3H3. The predicted octanol–water partition coefficient (Wildman–Crippen LogP) is 2.94. The molecule has 0 fully saturated rings. The molecule has 2 heterocycles. The second-order valence-corrected chi connectivity index (χ2v) is 5.51. The van der Waals surface area contributed by atoms with Crippen LogP contribution in [-0.2, 0) is 19.9 Å². The molecule has 1 unspecified atom stereocenters. The van der Waals surface area contributed by atoms with Crippen molar-refractivity contribution in [1.29, 1.82) is 0 Å². The zero-order chi connectivity index (χ0) is 13.0.